The van der Waals surface area contributed by atoms with E-state index < -0.39 is 0 Å². The molecule has 3 heteroatoms. The van der Waals surface area contributed by atoms with Crippen LogP contribution in [0.3, 0.4) is 0 Å². The van der Waals surface area contributed by atoms with Crippen LogP contribution in [-0.4, -0.2) is 23.3 Å². The van der Waals surface area contributed by atoms with Gasteiger partial charge in [0, 0.05) is 29.3 Å². The van der Waals surface area contributed by atoms with Crippen LogP contribution in [0.1, 0.15) is 42.7 Å². The van der Waals surface area contributed by atoms with Crippen molar-refractivity contribution in [3.05, 3.63) is 21.9 Å². The Bertz CT molecular complexity index is 391. The van der Waals surface area contributed by atoms with Gasteiger partial charge < -0.3 is 0 Å². The average Bonchev–Trinajstić information content (AvgIpc) is 2.75. The largest absolute Gasteiger partial charge is 0.296 e. The zero-order valence-corrected chi connectivity index (χ0v) is 12.8. The smallest absolute Gasteiger partial charge is 0.0331 e. The van der Waals surface area contributed by atoms with Gasteiger partial charge in [0.2, 0.25) is 0 Å². The van der Waals surface area contributed by atoms with E-state index in [0.29, 0.717) is 11.5 Å². The summed E-state index contributed by atoms with van der Waals surface area (Å²) < 4.78 is 0. The van der Waals surface area contributed by atoms with Crippen molar-refractivity contribution in [2.75, 3.05) is 18.4 Å². The highest BCUT2D eigenvalue weighted by atomic mass is 79.9. The predicted molar refractivity (Wildman–Crippen MR) is 78.1 cm³/mol. The Balaban J connectivity index is 1.73. The molecule has 94 valence electrons. The zero-order valence-electron chi connectivity index (χ0n) is 10.4. The van der Waals surface area contributed by atoms with Crippen molar-refractivity contribution in [3.8, 4) is 0 Å². The molecular weight excluding hydrogens is 294 g/mol. The van der Waals surface area contributed by atoms with E-state index in [-0.39, 0.29) is 0 Å². The molecule has 1 unspecified atom stereocenters. The van der Waals surface area contributed by atoms with Gasteiger partial charge >= 0.3 is 0 Å². The second kappa shape index (κ2) is 4.67. The van der Waals surface area contributed by atoms with Crippen molar-refractivity contribution in [1.82, 2.24) is 4.90 Å². The zero-order chi connectivity index (χ0) is 11.9. The maximum atomic E-state index is 3.73. The lowest BCUT2D eigenvalue weighted by molar-refractivity contribution is 0.0650. The molecule has 0 amide bonds. The highest BCUT2D eigenvalue weighted by molar-refractivity contribution is 9.09. The third kappa shape index (κ3) is 2.11. The highest BCUT2D eigenvalue weighted by Gasteiger charge is 2.39. The summed E-state index contributed by atoms with van der Waals surface area (Å²) >= 11 is 5.67. The van der Waals surface area contributed by atoms with E-state index in [1.54, 1.807) is 10.4 Å². The molecule has 2 aliphatic rings. The van der Waals surface area contributed by atoms with E-state index in [2.05, 4.69) is 39.2 Å². The van der Waals surface area contributed by atoms with Crippen LogP contribution < -0.4 is 0 Å². The van der Waals surface area contributed by atoms with Gasteiger partial charge in [0.15, 0.2) is 0 Å². The van der Waals surface area contributed by atoms with Crippen LogP contribution in [0.25, 0.3) is 0 Å². The Labute approximate surface area is 116 Å². The number of alkyl halides is 1. The molecule has 0 N–H and O–H groups in total. The molecule has 2 heterocycles. The van der Waals surface area contributed by atoms with Gasteiger partial charge in [-0.2, -0.15) is 0 Å². The summed E-state index contributed by atoms with van der Waals surface area (Å²) in [6.45, 7) is 4.92. The number of rotatable bonds is 3. The topological polar surface area (TPSA) is 3.24 Å². The van der Waals surface area contributed by atoms with Gasteiger partial charge in [0.1, 0.15) is 0 Å². The average molecular weight is 314 g/mol. The minimum atomic E-state index is 0.585. The molecule has 0 saturated heterocycles. The van der Waals surface area contributed by atoms with Gasteiger partial charge in [0.25, 0.3) is 0 Å². The quantitative estimate of drug-likeness (QED) is 0.755. The second-order valence-corrected chi connectivity index (χ2v) is 7.24. The van der Waals surface area contributed by atoms with Crippen LogP contribution >= 0.6 is 27.3 Å². The lowest BCUT2D eigenvalue weighted by Gasteiger charge is -2.46. The first-order valence-corrected chi connectivity index (χ1v) is 8.60. The summed E-state index contributed by atoms with van der Waals surface area (Å²) in [5.74, 6) is 0. The van der Waals surface area contributed by atoms with E-state index >= 15 is 0 Å². The number of fused-ring (bicyclic) bond motifs is 1. The highest BCUT2D eigenvalue weighted by Crippen LogP contribution is 2.45. The standard InChI is InChI=1S/C14H20BrNS/c1-11-12-4-8-17-13(12)3-7-16(11)10-14(9-15)5-2-6-14/h4,8,11H,2-3,5-7,9-10H2,1H3. The van der Waals surface area contributed by atoms with Crippen LogP contribution in [-0.2, 0) is 6.42 Å². The first kappa shape index (κ1) is 12.2. The summed E-state index contributed by atoms with van der Waals surface area (Å²) in [5.41, 5.74) is 2.17. The Morgan fingerprint density at radius 1 is 1.53 bits per heavy atom. The van der Waals surface area contributed by atoms with Crippen LogP contribution in [0.4, 0.5) is 0 Å². The van der Waals surface area contributed by atoms with E-state index in [1.165, 1.54) is 44.1 Å². The number of hydrogen-bond donors (Lipinski definition) is 0. The summed E-state index contributed by atoms with van der Waals surface area (Å²) in [7, 11) is 0. The van der Waals surface area contributed by atoms with Gasteiger partial charge in [-0.25, -0.2) is 0 Å². The van der Waals surface area contributed by atoms with Gasteiger partial charge in [-0.1, -0.05) is 22.4 Å². The summed E-state index contributed by atoms with van der Waals surface area (Å²) in [6.07, 6.45) is 5.52. The van der Waals surface area contributed by atoms with E-state index in [0.717, 1.165) is 0 Å². The van der Waals surface area contributed by atoms with Crippen molar-refractivity contribution in [2.24, 2.45) is 5.41 Å². The molecule has 0 bridgehead atoms. The molecule has 1 aliphatic carbocycles. The fraction of sp³-hybridized carbons (Fsp3) is 0.714. The minimum Gasteiger partial charge on any atom is -0.296 e. The van der Waals surface area contributed by atoms with Gasteiger partial charge in [-0.15, -0.1) is 11.3 Å². The fourth-order valence-electron chi connectivity index (χ4n) is 3.22. The molecule has 3 rings (SSSR count). The summed E-state index contributed by atoms with van der Waals surface area (Å²) in [4.78, 5) is 4.32. The fourth-order valence-corrected chi connectivity index (χ4v) is 4.92. The molecule has 1 aliphatic heterocycles. The molecule has 0 radical (unpaired) electrons. The maximum Gasteiger partial charge on any atom is 0.0331 e. The van der Waals surface area contributed by atoms with Crippen molar-refractivity contribution in [3.63, 3.8) is 0 Å². The van der Waals surface area contributed by atoms with Gasteiger partial charge in [-0.3, -0.25) is 4.90 Å². The van der Waals surface area contributed by atoms with E-state index in [1.807, 2.05) is 11.3 Å². The third-order valence-electron chi connectivity index (χ3n) is 4.64. The Kier molecular flexibility index (Phi) is 3.35. The van der Waals surface area contributed by atoms with Crippen LogP contribution in [0, 0.1) is 5.41 Å². The molecule has 1 aromatic rings. The molecule has 1 aromatic heterocycles. The monoisotopic (exact) mass is 313 g/mol. The van der Waals surface area contributed by atoms with Crippen molar-refractivity contribution in [2.45, 2.75) is 38.6 Å². The predicted octanol–water partition coefficient (Wildman–Crippen LogP) is 4.23. The molecule has 17 heavy (non-hydrogen) atoms. The maximum absolute atomic E-state index is 3.73. The normalized spacial score (nSPS) is 27.5. The Hall–Kier alpha value is 0.140. The van der Waals surface area contributed by atoms with E-state index in [9.17, 15) is 0 Å². The van der Waals surface area contributed by atoms with Crippen LogP contribution in [0.5, 0.6) is 0 Å². The number of thiophene rings is 1. The van der Waals surface area contributed by atoms with Crippen molar-refractivity contribution >= 4 is 27.3 Å². The Morgan fingerprint density at radius 3 is 3.00 bits per heavy atom. The van der Waals surface area contributed by atoms with Crippen LogP contribution in [0.15, 0.2) is 11.4 Å². The number of halogens is 1. The molecule has 1 atom stereocenters. The lowest BCUT2D eigenvalue weighted by Crippen LogP contribution is -2.46. The van der Waals surface area contributed by atoms with Crippen LogP contribution in [0.2, 0.25) is 0 Å². The summed E-state index contributed by atoms with van der Waals surface area (Å²) in [6, 6.07) is 2.96. The van der Waals surface area contributed by atoms with Gasteiger partial charge in [-0.05, 0) is 48.6 Å². The Morgan fingerprint density at radius 2 is 2.35 bits per heavy atom. The molecule has 0 spiro atoms. The van der Waals surface area contributed by atoms with Crippen molar-refractivity contribution < 1.29 is 0 Å². The molecular formula is C14H20BrNS. The lowest BCUT2D eigenvalue weighted by atomic mass is 9.69. The third-order valence-corrected chi connectivity index (χ3v) is 6.83. The molecule has 1 nitrogen and oxygen atoms in total. The molecule has 0 aromatic carbocycles. The number of nitrogens with zero attached hydrogens (tertiary/aromatic N) is 1. The summed E-state index contributed by atoms with van der Waals surface area (Å²) in [5, 5.41) is 3.44. The second-order valence-electron chi connectivity index (χ2n) is 5.68. The molecule has 1 saturated carbocycles. The van der Waals surface area contributed by atoms with E-state index in [4.69, 9.17) is 0 Å². The van der Waals surface area contributed by atoms with Gasteiger partial charge in [0.05, 0.1) is 0 Å². The first-order valence-electron chi connectivity index (χ1n) is 6.60. The minimum absolute atomic E-state index is 0.585. The van der Waals surface area contributed by atoms with Crippen molar-refractivity contribution in [1.29, 1.82) is 0 Å². The molecule has 1 fully saturated rings. The SMILES string of the molecule is CC1c2ccsc2CCN1CC1(CBr)CCC1. The number of hydrogen-bond acceptors (Lipinski definition) is 2. The first-order chi connectivity index (χ1) is 8.24.